The first kappa shape index (κ1) is 20.2. The number of nitrogens with one attached hydrogen (secondary N) is 2. The normalized spacial score (nSPS) is 17.6. The largest absolute Gasteiger partial charge is 0.369 e. The second kappa shape index (κ2) is 7.49. The summed E-state index contributed by atoms with van der Waals surface area (Å²) < 4.78 is 1.90. The maximum atomic E-state index is 12.7. The number of urea groups is 1. The molecule has 1 aromatic heterocycles. The maximum Gasteiger partial charge on any atom is 0.320 e. The summed E-state index contributed by atoms with van der Waals surface area (Å²) in [5, 5.41) is 10.9. The standard InChI is InChI=1S/C22H33N5O/c1-21(2,3)18-14-19(27(25-18)22(4,5)6)24-20(28)23-16-12-13-26(15-16)17-10-8-7-9-11-17/h7-11,14,16H,12-13,15H2,1-6H3,(H2,23,24,28). The van der Waals surface area contributed by atoms with E-state index >= 15 is 0 Å². The first-order valence-electron chi connectivity index (χ1n) is 10.0. The van der Waals surface area contributed by atoms with Crippen molar-refractivity contribution in [1.29, 1.82) is 0 Å². The first-order chi connectivity index (χ1) is 13.0. The van der Waals surface area contributed by atoms with Gasteiger partial charge in [-0.3, -0.25) is 5.32 Å². The fourth-order valence-electron chi connectivity index (χ4n) is 3.44. The number of para-hydroxylation sites is 1. The smallest absolute Gasteiger partial charge is 0.320 e. The molecule has 1 aliphatic rings. The number of nitrogens with zero attached hydrogens (tertiary/aromatic N) is 3. The van der Waals surface area contributed by atoms with Crippen molar-refractivity contribution in [2.24, 2.45) is 0 Å². The van der Waals surface area contributed by atoms with Gasteiger partial charge in [0.1, 0.15) is 5.82 Å². The van der Waals surface area contributed by atoms with Crippen LogP contribution in [0.3, 0.4) is 0 Å². The van der Waals surface area contributed by atoms with Gasteiger partial charge < -0.3 is 10.2 Å². The average molecular weight is 384 g/mol. The zero-order valence-electron chi connectivity index (χ0n) is 17.9. The quantitative estimate of drug-likeness (QED) is 0.829. The van der Waals surface area contributed by atoms with Crippen molar-refractivity contribution in [3.63, 3.8) is 0 Å². The highest BCUT2D eigenvalue weighted by molar-refractivity contribution is 5.88. The summed E-state index contributed by atoms with van der Waals surface area (Å²) in [6.07, 6.45) is 0.939. The van der Waals surface area contributed by atoms with Crippen LogP contribution in [0.2, 0.25) is 0 Å². The van der Waals surface area contributed by atoms with Crippen LogP contribution >= 0.6 is 0 Å². The molecule has 28 heavy (non-hydrogen) atoms. The second-order valence-corrected chi connectivity index (χ2v) is 9.61. The highest BCUT2D eigenvalue weighted by atomic mass is 16.2. The minimum atomic E-state index is -0.219. The lowest BCUT2D eigenvalue weighted by atomic mass is 9.92. The SMILES string of the molecule is CC(C)(C)c1cc(NC(=O)NC2CCN(c3ccccc3)C2)n(C(C)(C)C)n1. The van der Waals surface area contributed by atoms with E-state index in [-0.39, 0.29) is 23.0 Å². The van der Waals surface area contributed by atoms with Crippen molar-refractivity contribution in [2.45, 2.75) is 65.0 Å². The number of benzene rings is 1. The summed E-state index contributed by atoms with van der Waals surface area (Å²) in [7, 11) is 0. The number of rotatable bonds is 3. The molecule has 2 amide bonds. The lowest BCUT2D eigenvalue weighted by molar-refractivity contribution is 0.248. The molecule has 0 bridgehead atoms. The number of aromatic nitrogens is 2. The van der Waals surface area contributed by atoms with Gasteiger partial charge in [0.15, 0.2) is 0 Å². The van der Waals surface area contributed by atoms with Crippen LogP contribution in [0.15, 0.2) is 36.4 Å². The van der Waals surface area contributed by atoms with Crippen molar-refractivity contribution in [2.75, 3.05) is 23.3 Å². The maximum absolute atomic E-state index is 12.7. The van der Waals surface area contributed by atoms with E-state index in [2.05, 4.69) is 69.2 Å². The predicted octanol–water partition coefficient (Wildman–Crippen LogP) is 4.34. The van der Waals surface area contributed by atoms with Crippen LogP contribution in [-0.4, -0.2) is 34.9 Å². The summed E-state index contributed by atoms with van der Waals surface area (Å²) in [5.41, 5.74) is 1.87. The molecule has 1 fully saturated rings. The van der Waals surface area contributed by atoms with Gasteiger partial charge in [-0.15, -0.1) is 0 Å². The summed E-state index contributed by atoms with van der Waals surface area (Å²) in [5.74, 6) is 0.729. The van der Waals surface area contributed by atoms with Gasteiger partial charge in [0, 0.05) is 36.3 Å². The van der Waals surface area contributed by atoms with E-state index in [0.29, 0.717) is 0 Å². The highest BCUT2D eigenvalue weighted by Gasteiger charge is 2.27. The third-order valence-corrected chi connectivity index (χ3v) is 5.00. The van der Waals surface area contributed by atoms with Crippen LogP contribution in [0.1, 0.15) is 53.7 Å². The van der Waals surface area contributed by atoms with Crippen LogP contribution in [0.4, 0.5) is 16.3 Å². The van der Waals surface area contributed by atoms with Crippen LogP contribution in [0.5, 0.6) is 0 Å². The number of carbonyl (C=O) groups is 1. The topological polar surface area (TPSA) is 62.2 Å². The Bertz CT molecular complexity index is 814. The van der Waals surface area contributed by atoms with Crippen molar-refractivity contribution in [3.8, 4) is 0 Å². The van der Waals surface area contributed by atoms with Gasteiger partial charge in [-0.1, -0.05) is 39.0 Å². The molecule has 152 valence electrons. The van der Waals surface area contributed by atoms with Gasteiger partial charge in [0.2, 0.25) is 0 Å². The minimum Gasteiger partial charge on any atom is -0.369 e. The highest BCUT2D eigenvalue weighted by Crippen LogP contribution is 2.28. The van der Waals surface area contributed by atoms with Crippen LogP contribution < -0.4 is 15.5 Å². The van der Waals surface area contributed by atoms with E-state index in [1.807, 2.05) is 28.9 Å². The van der Waals surface area contributed by atoms with Gasteiger partial charge in [-0.05, 0) is 39.3 Å². The number of anilines is 2. The van der Waals surface area contributed by atoms with Gasteiger partial charge in [-0.25, -0.2) is 9.48 Å². The van der Waals surface area contributed by atoms with E-state index in [1.165, 1.54) is 5.69 Å². The Hall–Kier alpha value is -2.50. The molecule has 0 saturated carbocycles. The van der Waals surface area contributed by atoms with Gasteiger partial charge in [0.25, 0.3) is 0 Å². The molecule has 2 heterocycles. The van der Waals surface area contributed by atoms with Gasteiger partial charge >= 0.3 is 6.03 Å². The molecule has 2 aromatic rings. The van der Waals surface area contributed by atoms with Crippen LogP contribution in [0, 0.1) is 0 Å². The summed E-state index contributed by atoms with van der Waals surface area (Å²) in [4.78, 5) is 15.0. The molecule has 1 aromatic carbocycles. The second-order valence-electron chi connectivity index (χ2n) is 9.61. The van der Waals surface area contributed by atoms with Crippen LogP contribution in [-0.2, 0) is 11.0 Å². The van der Waals surface area contributed by atoms with E-state index < -0.39 is 0 Å². The number of amides is 2. The fraction of sp³-hybridized carbons (Fsp3) is 0.545. The van der Waals surface area contributed by atoms with E-state index in [9.17, 15) is 4.79 Å². The van der Waals surface area contributed by atoms with Crippen LogP contribution in [0.25, 0.3) is 0 Å². The van der Waals surface area contributed by atoms with Crippen molar-refractivity contribution >= 4 is 17.5 Å². The molecule has 3 rings (SSSR count). The first-order valence-corrected chi connectivity index (χ1v) is 10.0. The Morgan fingerprint density at radius 2 is 1.79 bits per heavy atom. The molecule has 0 spiro atoms. The third-order valence-electron chi connectivity index (χ3n) is 5.00. The van der Waals surface area contributed by atoms with E-state index in [4.69, 9.17) is 5.10 Å². The molecule has 6 nitrogen and oxygen atoms in total. The lowest BCUT2D eigenvalue weighted by Gasteiger charge is -2.23. The molecule has 0 radical (unpaired) electrons. The Labute approximate surface area is 168 Å². The summed E-state index contributed by atoms with van der Waals surface area (Å²) >= 11 is 0. The average Bonchev–Trinajstić information content (AvgIpc) is 3.22. The Balaban J connectivity index is 1.66. The number of hydrogen-bond donors (Lipinski definition) is 2. The minimum absolute atomic E-state index is 0.0783. The predicted molar refractivity (Wildman–Crippen MR) is 115 cm³/mol. The van der Waals surface area contributed by atoms with Crippen molar-refractivity contribution in [1.82, 2.24) is 15.1 Å². The zero-order valence-corrected chi connectivity index (χ0v) is 17.9. The number of carbonyl (C=O) groups excluding carboxylic acids is 1. The third kappa shape index (κ3) is 4.66. The summed E-state index contributed by atoms with van der Waals surface area (Å²) in [6.45, 7) is 14.4. The Morgan fingerprint density at radius 1 is 1.11 bits per heavy atom. The molecular formula is C22H33N5O. The Kier molecular flexibility index (Phi) is 5.41. The molecule has 0 aliphatic carbocycles. The van der Waals surface area contributed by atoms with Crippen molar-refractivity contribution < 1.29 is 4.79 Å². The lowest BCUT2D eigenvalue weighted by Crippen LogP contribution is -2.40. The molecule has 6 heteroatoms. The van der Waals surface area contributed by atoms with Gasteiger partial charge in [0.05, 0.1) is 11.2 Å². The summed E-state index contributed by atoms with van der Waals surface area (Å²) in [6, 6.07) is 12.3. The number of hydrogen-bond acceptors (Lipinski definition) is 3. The molecule has 1 aliphatic heterocycles. The molecule has 1 saturated heterocycles. The fourth-order valence-corrected chi connectivity index (χ4v) is 3.44. The van der Waals surface area contributed by atoms with E-state index in [0.717, 1.165) is 31.0 Å². The zero-order chi connectivity index (χ0) is 20.5. The molecule has 2 N–H and O–H groups in total. The van der Waals surface area contributed by atoms with Gasteiger partial charge in [-0.2, -0.15) is 5.10 Å². The van der Waals surface area contributed by atoms with E-state index in [1.54, 1.807) is 0 Å². The monoisotopic (exact) mass is 383 g/mol. The molecular weight excluding hydrogens is 350 g/mol. The molecule has 1 unspecified atom stereocenters. The molecule has 1 atom stereocenters. The van der Waals surface area contributed by atoms with Crippen molar-refractivity contribution in [3.05, 3.63) is 42.1 Å². The Morgan fingerprint density at radius 3 is 2.39 bits per heavy atom.